The second-order valence-corrected chi connectivity index (χ2v) is 15.5. The Morgan fingerprint density at radius 3 is 1.14 bits per heavy atom. The molecule has 1 atom stereocenters. The maximum Gasteiger partial charge on any atom is 0.306 e. The lowest BCUT2D eigenvalue weighted by Crippen LogP contribution is -2.27. The van der Waals surface area contributed by atoms with Gasteiger partial charge in [-0.25, -0.2) is 0 Å². The summed E-state index contributed by atoms with van der Waals surface area (Å²) in [5.74, 6) is -0.197. The molecule has 0 amide bonds. The molecule has 0 heterocycles. The quantitative estimate of drug-likeness (QED) is 0.0390. The van der Waals surface area contributed by atoms with E-state index in [-0.39, 0.29) is 12.6 Å². The van der Waals surface area contributed by atoms with E-state index in [9.17, 15) is 9.90 Å². The maximum atomic E-state index is 12.2. The first kappa shape index (κ1) is 49.1. The average molecular weight is 707 g/mol. The van der Waals surface area contributed by atoms with Crippen molar-refractivity contribution in [2.45, 2.75) is 258 Å². The van der Waals surface area contributed by atoms with Crippen molar-refractivity contribution < 1.29 is 19.4 Å². The lowest BCUT2D eigenvalue weighted by molar-refractivity contribution is -0.154. The van der Waals surface area contributed by atoms with E-state index in [2.05, 4.69) is 26.0 Å². The number of aliphatic hydroxyl groups is 1. The van der Waals surface area contributed by atoms with Crippen LogP contribution in [0.2, 0.25) is 0 Å². The summed E-state index contributed by atoms with van der Waals surface area (Å²) >= 11 is 0. The number of hydrogen-bond donors (Lipinski definition) is 1. The summed E-state index contributed by atoms with van der Waals surface area (Å²) in [6.07, 6.45) is 52.8. The first-order valence-corrected chi connectivity index (χ1v) is 22.8. The zero-order chi connectivity index (χ0) is 36.3. The van der Waals surface area contributed by atoms with Gasteiger partial charge in [0.2, 0.25) is 0 Å². The molecule has 0 fully saturated rings. The fourth-order valence-electron chi connectivity index (χ4n) is 6.91. The van der Waals surface area contributed by atoms with Crippen LogP contribution in [0.25, 0.3) is 0 Å². The van der Waals surface area contributed by atoms with E-state index in [1.54, 1.807) is 0 Å². The molecule has 4 heteroatoms. The van der Waals surface area contributed by atoms with Crippen LogP contribution >= 0.6 is 0 Å². The Labute approximate surface area is 314 Å². The molecule has 1 unspecified atom stereocenters. The predicted molar refractivity (Wildman–Crippen MR) is 219 cm³/mol. The Bertz CT molecular complexity index is 663. The van der Waals surface area contributed by atoms with Gasteiger partial charge >= 0.3 is 5.97 Å². The molecule has 0 aromatic carbocycles. The molecule has 0 aliphatic carbocycles. The summed E-state index contributed by atoms with van der Waals surface area (Å²) < 4.78 is 11.2. The first-order valence-electron chi connectivity index (χ1n) is 22.8. The number of aliphatic hydroxyl groups excluding tert-OH is 1. The monoisotopic (exact) mass is 707 g/mol. The van der Waals surface area contributed by atoms with E-state index in [0.717, 1.165) is 19.3 Å². The molecule has 0 aliphatic heterocycles. The first-order chi connectivity index (χ1) is 24.7. The summed E-state index contributed by atoms with van der Waals surface area (Å²) in [5.41, 5.74) is 0. The smallest absolute Gasteiger partial charge is 0.306 e. The third-order valence-electron chi connectivity index (χ3n) is 10.3. The zero-order valence-electron chi connectivity index (χ0n) is 34.2. The van der Waals surface area contributed by atoms with Gasteiger partial charge in [0.05, 0.1) is 13.2 Å². The summed E-state index contributed by atoms with van der Waals surface area (Å²) in [5, 5.41) is 9.61. The van der Waals surface area contributed by atoms with E-state index in [1.807, 2.05) is 0 Å². The van der Waals surface area contributed by atoms with Gasteiger partial charge in [0.25, 0.3) is 0 Å². The van der Waals surface area contributed by atoms with Crippen molar-refractivity contribution in [3.05, 3.63) is 12.2 Å². The molecule has 0 aliphatic rings. The van der Waals surface area contributed by atoms with Crippen molar-refractivity contribution in [3.8, 4) is 0 Å². The highest BCUT2D eigenvalue weighted by atomic mass is 16.6. The largest absolute Gasteiger partial charge is 0.457 e. The second-order valence-electron chi connectivity index (χ2n) is 15.5. The number of esters is 1. The van der Waals surface area contributed by atoms with E-state index >= 15 is 0 Å². The molecule has 0 bridgehead atoms. The van der Waals surface area contributed by atoms with Crippen LogP contribution in [0.4, 0.5) is 0 Å². The van der Waals surface area contributed by atoms with Crippen molar-refractivity contribution >= 4 is 5.97 Å². The fourth-order valence-corrected chi connectivity index (χ4v) is 6.91. The number of carbonyl (C=O) groups is 1. The molecule has 298 valence electrons. The fraction of sp³-hybridized carbons (Fsp3) is 0.935. The van der Waals surface area contributed by atoms with Gasteiger partial charge in [0, 0.05) is 13.0 Å². The number of allylic oxidation sites excluding steroid dienone is 2. The minimum absolute atomic E-state index is 0.166. The number of rotatable bonds is 43. The highest BCUT2D eigenvalue weighted by Crippen LogP contribution is 2.16. The van der Waals surface area contributed by atoms with Gasteiger partial charge in [0.1, 0.15) is 6.10 Å². The van der Waals surface area contributed by atoms with Crippen molar-refractivity contribution in [2.75, 3.05) is 19.8 Å². The van der Waals surface area contributed by atoms with Crippen molar-refractivity contribution in [3.63, 3.8) is 0 Å². The predicted octanol–water partition coefficient (Wildman–Crippen LogP) is 14.9. The minimum Gasteiger partial charge on any atom is -0.457 e. The molecule has 0 saturated heterocycles. The Morgan fingerprint density at radius 1 is 0.460 bits per heavy atom. The third kappa shape index (κ3) is 41.5. The summed E-state index contributed by atoms with van der Waals surface area (Å²) in [6, 6.07) is 0. The third-order valence-corrected chi connectivity index (χ3v) is 10.3. The summed E-state index contributed by atoms with van der Waals surface area (Å²) in [7, 11) is 0. The summed E-state index contributed by atoms with van der Waals surface area (Å²) in [6.45, 7) is 5.39. The summed E-state index contributed by atoms with van der Waals surface area (Å²) in [4.78, 5) is 12.2. The van der Waals surface area contributed by atoms with E-state index in [4.69, 9.17) is 9.47 Å². The molecule has 50 heavy (non-hydrogen) atoms. The Hall–Kier alpha value is -0.870. The highest BCUT2D eigenvalue weighted by Gasteiger charge is 2.13. The number of unbranched alkanes of at least 4 members (excludes halogenated alkanes) is 33. The average Bonchev–Trinajstić information content (AvgIpc) is 3.12. The number of carbonyl (C=O) groups excluding carboxylic acids is 1. The number of hydrogen-bond acceptors (Lipinski definition) is 4. The molecule has 0 radical (unpaired) electrons. The van der Waals surface area contributed by atoms with Crippen LogP contribution in [0.5, 0.6) is 0 Å². The van der Waals surface area contributed by atoms with Crippen molar-refractivity contribution in [1.29, 1.82) is 0 Å². The molecule has 0 spiro atoms. The molecule has 4 nitrogen and oxygen atoms in total. The minimum atomic E-state index is -0.529. The van der Waals surface area contributed by atoms with Crippen LogP contribution < -0.4 is 0 Å². The zero-order valence-corrected chi connectivity index (χ0v) is 34.2. The molecule has 0 saturated carbocycles. The van der Waals surface area contributed by atoms with Gasteiger partial charge in [0.15, 0.2) is 0 Å². The Morgan fingerprint density at radius 2 is 0.780 bits per heavy atom. The van der Waals surface area contributed by atoms with Crippen LogP contribution in [0.15, 0.2) is 12.2 Å². The van der Waals surface area contributed by atoms with E-state index in [0.29, 0.717) is 19.6 Å². The van der Waals surface area contributed by atoms with Crippen LogP contribution in [0, 0.1) is 0 Å². The van der Waals surface area contributed by atoms with Gasteiger partial charge in [-0.2, -0.15) is 0 Å². The van der Waals surface area contributed by atoms with Crippen LogP contribution in [-0.2, 0) is 14.3 Å². The van der Waals surface area contributed by atoms with Gasteiger partial charge in [-0.3, -0.25) is 4.79 Å². The Kier molecular flexibility index (Phi) is 43.5. The van der Waals surface area contributed by atoms with Gasteiger partial charge < -0.3 is 14.6 Å². The van der Waals surface area contributed by atoms with Gasteiger partial charge in [-0.15, -0.1) is 0 Å². The maximum absolute atomic E-state index is 12.2. The molecular weight excluding hydrogens is 617 g/mol. The van der Waals surface area contributed by atoms with Crippen molar-refractivity contribution in [2.24, 2.45) is 0 Å². The number of ether oxygens (including phenoxy) is 2. The second kappa shape index (κ2) is 44.3. The standard InChI is InChI=1S/C46H90O4/c1-3-5-7-9-11-13-15-17-19-21-23-25-27-29-31-33-35-37-39-41-46(48)50-45(43-47)44-49-42-40-38-36-34-32-30-28-26-24-22-20-18-16-14-12-10-8-6-4-2/h17,19,45,47H,3-16,18,20-44H2,1-2H3/b19-17-. The molecule has 0 aromatic rings. The SMILES string of the molecule is CCCCCCCC/C=C\CCCCCCCCCCCC(=O)OC(CO)COCCCCCCCCCCCCCCCCCCCCC. The van der Waals surface area contributed by atoms with Crippen LogP contribution in [-0.4, -0.2) is 37.0 Å². The van der Waals surface area contributed by atoms with Crippen LogP contribution in [0.3, 0.4) is 0 Å². The Balaban J connectivity index is 3.37. The van der Waals surface area contributed by atoms with Crippen LogP contribution in [0.1, 0.15) is 251 Å². The van der Waals surface area contributed by atoms with E-state index in [1.165, 1.54) is 212 Å². The molecular formula is C46H90O4. The van der Waals surface area contributed by atoms with Crippen molar-refractivity contribution in [1.82, 2.24) is 0 Å². The molecule has 0 rings (SSSR count). The molecule has 0 aromatic heterocycles. The normalized spacial score (nSPS) is 12.3. The lowest BCUT2D eigenvalue weighted by atomic mass is 10.0. The lowest BCUT2D eigenvalue weighted by Gasteiger charge is -2.16. The van der Waals surface area contributed by atoms with Gasteiger partial charge in [-0.05, 0) is 38.5 Å². The van der Waals surface area contributed by atoms with Gasteiger partial charge in [-0.1, -0.05) is 219 Å². The molecule has 1 N–H and O–H groups in total. The topological polar surface area (TPSA) is 55.8 Å². The highest BCUT2D eigenvalue weighted by molar-refractivity contribution is 5.69. The van der Waals surface area contributed by atoms with E-state index < -0.39 is 6.10 Å².